The van der Waals surface area contributed by atoms with Gasteiger partial charge in [0.05, 0.1) is 18.3 Å². The number of hydrogen-bond acceptors (Lipinski definition) is 5. The van der Waals surface area contributed by atoms with Crippen molar-refractivity contribution in [2.24, 2.45) is 0 Å². The summed E-state index contributed by atoms with van der Waals surface area (Å²) < 4.78 is 25.6. The molecule has 1 saturated carbocycles. The summed E-state index contributed by atoms with van der Waals surface area (Å²) in [7, 11) is 0. The Morgan fingerprint density at radius 2 is 1.71 bits per heavy atom. The molecule has 5 heteroatoms. The van der Waals surface area contributed by atoms with Crippen LogP contribution in [0.3, 0.4) is 0 Å². The fraction of sp³-hybridized carbons (Fsp3) is 1.00. The number of ether oxygens (including phenoxy) is 4. The summed E-state index contributed by atoms with van der Waals surface area (Å²) >= 11 is 0. The maximum absolute atomic E-state index is 10.5. The van der Waals surface area contributed by atoms with E-state index in [0.717, 1.165) is 44.9 Å². The van der Waals surface area contributed by atoms with Crippen molar-refractivity contribution in [3.8, 4) is 0 Å². The summed E-state index contributed by atoms with van der Waals surface area (Å²) in [5, 5.41) is 10.5. The average Bonchev–Trinajstić information content (AvgIpc) is 2.99. The van der Waals surface area contributed by atoms with Gasteiger partial charge in [0.1, 0.15) is 24.4 Å². The molecule has 4 fully saturated rings. The number of aliphatic hydroxyl groups excluding tert-OH is 1. The molecule has 1 unspecified atom stereocenters. The molecular formula is C19H32O5. The highest BCUT2D eigenvalue weighted by Crippen LogP contribution is 2.47. The second-order valence-corrected chi connectivity index (χ2v) is 7.96. The first-order valence-electron chi connectivity index (χ1n) is 10.0. The summed E-state index contributed by atoms with van der Waals surface area (Å²) in [5.41, 5.74) is 0. The van der Waals surface area contributed by atoms with Crippen LogP contribution in [0.2, 0.25) is 0 Å². The third-order valence-corrected chi connectivity index (χ3v) is 6.36. The largest absolute Gasteiger partial charge is 0.390 e. The van der Waals surface area contributed by atoms with E-state index in [2.05, 4.69) is 6.92 Å². The van der Waals surface area contributed by atoms with Gasteiger partial charge in [0, 0.05) is 12.8 Å². The highest BCUT2D eigenvalue weighted by molar-refractivity contribution is 5.04. The van der Waals surface area contributed by atoms with Crippen LogP contribution in [0.1, 0.15) is 71.6 Å². The van der Waals surface area contributed by atoms with Crippen LogP contribution in [0.25, 0.3) is 0 Å². The molecule has 7 atom stereocenters. The van der Waals surface area contributed by atoms with Crippen molar-refractivity contribution in [2.45, 2.75) is 120 Å². The molecule has 0 radical (unpaired) electrons. The molecule has 138 valence electrons. The first-order chi connectivity index (χ1) is 11.7. The predicted molar refractivity (Wildman–Crippen MR) is 88.7 cm³/mol. The van der Waals surface area contributed by atoms with Gasteiger partial charge in [0.2, 0.25) is 0 Å². The Balaban J connectivity index is 1.59. The first kappa shape index (κ1) is 17.2. The van der Waals surface area contributed by atoms with Crippen LogP contribution in [0.4, 0.5) is 0 Å². The minimum atomic E-state index is -0.510. The monoisotopic (exact) mass is 340 g/mol. The molecule has 0 aromatic heterocycles. The Labute approximate surface area is 145 Å². The van der Waals surface area contributed by atoms with Gasteiger partial charge in [-0.2, -0.15) is 0 Å². The SMILES string of the molecule is CC[C@H]1CC[C@@H]2O[C@@H]([C@H](O)CC)C3OC4(CCCCC4)O[C@H]3[C@H]2O1. The molecule has 0 amide bonds. The number of hydrogen-bond donors (Lipinski definition) is 1. The van der Waals surface area contributed by atoms with E-state index in [1.165, 1.54) is 6.42 Å². The second-order valence-electron chi connectivity index (χ2n) is 7.96. The molecule has 0 bridgehead atoms. The summed E-state index contributed by atoms with van der Waals surface area (Å²) in [6.07, 6.45) is 8.24. The van der Waals surface area contributed by atoms with Crippen LogP contribution in [0.15, 0.2) is 0 Å². The molecule has 4 aliphatic rings. The Bertz CT molecular complexity index is 435. The molecule has 3 aliphatic heterocycles. The third kappa shape index (κ3) is 2.92. The van der Waals surface area contributed by atoms with Crippen molar-refractivity contribution >= 4 is 0 Å². The lowest BCUT2D eigenvalue weighted by atomic mass is 9.87. The maximum atomic E-state index is 10.5. The molecule has 0 aromatic carbocycles. The van der Waals surface area contributed by atoms with Crippen LogP contribution >= 0.6 is 0 Å². The van der Waals surface area contributed by atoms with Gasteiger partial charge in [-0.1, -0.05) is 20.3 Å². The van der Waals surface area contributed by atoms with Gasteiger partial charge < -0.3 is 24.1 Å². The van der Waals surface area contributed by atoms with Crippen molar-refractivity contribution < 1.29 is 24.1 Å². The first-order valence-corrected chi connectivity index (χ1v) is 10.0. The van der Waals surface area contributed by atoms with Crippen LogP contribution in [0.5, 0.6) is 0 Å². The fourth-order valence-corrected chi connectivity index (χ4v) is 4.94. The normalized spacial score (nSPS) is 45.6. The molecule has 1 aliphatic carbocycles. The van der Waals surface area contributed by atoms with Crippen LogP contribution in [0, 0.1) is 0 Å². The third-order valence-electron chi connectivity index (χ3n) is 6.36. The Morgan fingerprint density at radius 3 is 2.42 bits per heavy atom. The van der Waals surface area contributed by atoms with Crippen molar-refractivity contribution in [1.29, 1.82) is 0 Å². The van der Waals surface area contributed by atoms with E-state index >= 15 is 0 Å². The molecule has 3 saturated heterocycles. The molecule has 0 aromatic rings. The number of rotatable bonds is 3. The molecule has 4 rings (SSSR count). The highest BCUT2D eigenvalue weighted by atomic mass is 16.8. The van der Waals surface area contributed by atoms with E-state index in [1.807, 2.05) is 6.92 Å². The van der Waals surface area contributed by atoms with Crippen molar-refractivity contribution in [1.82, 2.24) is 0 Å². The van der Waals surface area contributed by atoms with Gasteiger partial charge in [-0.15, -0.1) is 0 Å². The standard InChI is InChI=1S/C19H32O5/c1-3-12-8-9-14-16(21-12)18-17(15(22-14)13(20)4-2)23-19(24-18)10-6-5-7-11-19/h12-18,20H,3-11H2,1-2H3/t12-,13+,14-,15-,16-,17?,18-/m0/s1. The van der Waals surface area contributed by atoms with E-state index in [4.69, 9.17) is 18.9 Å². The van der Waals surface area contributed by atoms with E-state index in [-0.39, 0.29) is 36.6 Å². The van der Waals surface area contributed by atoms with Gasteiger partial charge >= 0.3 is 0 Å². The fourth-order valence-electron chi connectivity index (χ4n) is 4.94. The number of fused-ring (bicyclic) bond motifs is 3. The average molecular weight is 340 g/mol. The van der Waals surface area contributed by atoms with Gasteiger partial charge in [-0.25, -0.2) is 0 Å². The zero-order valence-corrected chi connectivity index (χ0v) is 15.0. The van der Waals surface area contributed by atoms with E-state index < -0.39 is 11.9 Å². The Hall–Kier alpha value is -0.200. The van der Waals surface area contributed by atoms with Crippen molar-refractivity contribution in [2.75, 3.05) is 0 Å². The molecule has 24 heavy (non-hydrogen) atoms. The zero-order chi connectivity index (χ0) is 16.7. The summed E-state index contributed by atoms with van der Waals surface area (Å²) in [6.45, 7) is 4.16. The van der Waals surface area contributed by atoms with E-state index in [0.29, 0.717) is 6.42 Å². The van der Waals surface area contributed by atoms with Crippen molar-refractivity contribution in [3.05, 3.63) is 0 Å². The summed E-state index contributed by atoms with van der Waals surface area (Å²) in [4.78, 5) is 0. The van der Waals surface area contributed by atoms with Crippen molar-refractivity contribution in [3.63, 3.8) is 0 Å². The topological polar surface area (TPSA) is 57.2 Å². The zero-order valence-electron chi connectivity index (χ0n) is 15.0. The predicted octanol–water partition coefficient (Wildman–Crippen LogP) is 2.93. The van der Waals surface area contributed by atoms with E-state index in [1.54, 1.807) is 0 Å². The smallest absolute Gasteiger partial charge is 0.169 e. The summed E-state index contributed by atoms with van der Waals surface area (Å²) in [6, 6.07) is 0. The highest BCUT2D eigenvalue weighted by Gasteiger charge is 2.60. The van der Waals surface area contributed by atoms with Gasteiger partial charge in [-0.05, 0) is 38.5 Å². The minimum Gasteiger partial charge on any atom is -0.390 e. The second kappa shape index (κ2) is 6.84. The lowest BCUT2D eigenvalue weighted by molar-refractivity contribution is -0.253. The molecule has 3 heterocycles. The van der Waals surface area contributed by atoms with Crippen LogP contribution < -0.4 is 0 Å². The maximum Gasteiger partial charge on any atom is 0.169 e. The molecule has 1 spiro atoms. The number of aliphatic hydroxyl groups is 1. The molecule has 1 N–H and O–H groups in total. The van der Waals surface area contributed by atoms with Crippen LogP contribution in [-0.4, -0.2) is 53.6 Å². The Morgan fingerprint density at radius 1 is 0.958 bits per heavy atom. The lowest BCUT2D eigenvalue weighted by Crippen LogP contribution is -2.62. The van der Waals surface area contributed by atoms with Gasteiger partial charge in [0.25, 0.3) is 0 Å². The Kier molecular flexibility index (Phi) is 4.91. The summed E-state index contributed by atoms with van der Waals surface area (Å²) in [5.74, 6) is -0.472. The quantitative estimate of drug-likeness (QED) is 0.856. The molecular weight excluding hydrogens is 308 g/mol. The van der Waals surface area contributed by atoms with Gasteiger partial charge in [-0.3, -0.25) is 0 Å². The van der Waals surface area contributed by atoms with Crippen LogP contribution in [-0.2, 0) is 18.9 Å². The lowest BCUT2D eigenvalue weighted by Gasteiger charge is -2.47. The minimum absolute atomic E-state index is 0.0163. The van der Waals surface area contributed by atoms with Gasteiger partial charge in [0.15, 0.2) is 5.79 Å². The molecule has 5 nitrogen and oxygen atoms in total. The van der Waals surface area contributed by atoms with E-state index in [9.17, 15) is 5.11 Å².